The summed E-state index contributed by atoms with van der Waals surface area (Å²) in [5, 5.41) is 9.16. The van der Waals surface area contributed by atoms with Crippen LogP contribution in [0, 0.1) is 0 Å². The van der Waals surface area contributed by atoms with E-state index >= 15 is 0 Å². The van der Waals surface area contributed by atoms with Crippen LogP contribution in [-0.2, 0) is 33.3 Å². The minimum atomic E-state index is -1.22. The molecule has 8 heteroatoms. The Morgan fingerprint density at radius 1 is 0.947 bits per heavy atom. The summed E-state index contributed by atoms with van der Waals surface area (Å²) in [6, 6.07) is 0. The molecule has 1 N–H and O–H groups in total. The van der Waals surface area contributed by atoms with E-state index in [0.29, 0.717) is 0 Å². The lowest BCUT2D eigenvalue weighted by Gasteiger charge is -2.22. The molecule has 0 unspecified atom stereocenters. The molecular weight excluding hydrogens is 260 g/mol. The average Bonchev–Trinajstić information content (AvgIpc) is 2.55. The molecule has 0 aliphatic carbocycles. The van der Waals surface area contributed by atoms with Gasteiger partial charge in [-0.05, 0) is 0 Å². The van der Waals surface area contributed by atoms with Gasteiger partial charge in [-0.15, -0.1) is 0 Å². The van der Waals surface area contributed by atoms with Gasteiger partial charge in [-0.3, -0.25) is 14.4 Å². The van der Waals surface area contributed by atoms with E-state index in [1.54, 1.807) is 0 Å². The zero-order valence-corrected chi connectivity index (χ0v) is 10.8. The number of aliphatic hydroxyl groups is 1. The first-order chi connectivity index (χ1) is 8.85. The van der Waals surface area contributed by atoms with Crippen LogP contribution in [-0.4, -0.2) is 54.2 Å². The zero-order valence-electron chi connectivity index (χ0n) is 10.8. The van der Waals surface area contributed by atoms with E-state index in [9.17, 15) is 14.4 Å². The van der Waals surface area contributed by atoms with E-state index in [0.717, 1.165) is 13.8 Å². The predicted molar refractivity (Wildman–Crippen MR) is 58.6 cm³/mol. The van der Waals surface area contributed by atoms with Crippen molar-refractivity contribution in [2.24, 2.45) is 0 Å². The maximum absolute atomic E-state index is 11.0. The highest BCUT2D eigenvalue weighted by atomic mass is 16.7. The zero-order chi connectivity index (χ0) is 14.6. The summed E-state index contributed by atoms with van der Waals surface area (Å²) in [6.45, 7) is 3.00. The predicted octanol–water partition coefficient (Wildman–Crippen LogP) is -0.870. The highest BCUT2D eigenvalue weighted by Gasteiger charge is 2.50. The number of hydrogen-bond donors (Lipinski definition) is 1. The molecule has 0 aromatic rings. The summed E-state index contributed by atoms with van der Waals surface area (Å²) in [7, 11) is 0. The molecule has 0 radical (unpaired) electrons. The number of hydrogen-bond acceptors (Lipinski definition) is 8. The van der Waals surface area contributed by atoms with Crippen molar-refractivity contribution in [3.8, 4) is 0 Å². The fourth-order valence-corrected chi connectivity index (χ4v) is 1.75. The molecular formula is C11H16O8. The third-order valence-corrected chi connectivity index (χ3v) is 2.33. The second-order valence-electron chi connectivity index (χ2n) is 3.98. The molecule has 1 aliphatic heterocycles. The molecule has 19 heavy (non-hydrogen) atoms. The molecule has 4 atom stereocenters. The van der Waals surface area contributed by atoms with Gasteiger partial charge < -0.3 is 24.1 Å². The number of carbonyl (C=O) groups excluding carboxylic acids is 3. The first-order valence-electron chi connectivity index (χ1n) is 5.63. The van der Waals surface area contributed by atoms with E-state index in [1.165, 1.54) is 6.92 Å². The monoisotopic (exact) mass is 276 g/mol. The molecule has 0 bridgehead atoms. The Bertz CT molecular complexity index is 366. The van der Waals surface area contributed by atoms with E-state index in [1.807, 2.05) is 0 Å². The van der Waals surface area contributed by atoms with Crippen molar-refractivity contribution >= 4 is 17.9 Å². The SMILES string of the molecule is CC(=O)O[C@H]1O[C@H](CO)[C@H](OC(C)=O)[C@H]1OC(C)=O. The molecule has 108 valence electrons. The van der Waals surface area contributed by atoms with Gasteiger partial charge in [0.1, 0.15) is 6.10 Å². The molecule has 1 saturated heterocycles. The summed E-state index contributed by atoms with van der Waals surface area (Å²) in [5.74, 6) is -1.93. The Hall–Kier alpha value is -1.67. The molecule has 1 heterocycles. The van der Waals surface area contributed by atoms with Gasteiger partial charge in [0.05, 0.1) is 6.61 Å². The van der Waals surface area contributed by atoms with Crippen molar-refractivity contribution in [2.75, 3.05) is 6.61 Å². The van der Waals surface area contributed by atoms with E-state index < -0.39 is 49.1 Å². The van der Waals surface area contributed by atoms with E-state index in [2.05, 4.69) is 0 Å². The van der Waals surface area contributed by atoms with Gasteiger partial charge in [-0.25, -0.2) is 0 Å². The minimum Gasteiger partial charge on any atom is -0.455 e. The van der Waals surface area contributed by atoms with Crippen molar-refractivity contribution in [3.05, 3.63) is 0 Å². The number of esters is 3. The van der Waals surface area contributed by atoms with Gasteiger partial charge >= 0.3 is 17.9 Å². The van der Waals surface area contributed by atoms with Crippen LogP contribution in [0.1, 0.15) is 20.8 Å². The summed E-state index contributed by atoms with van der Waals surface area (Å²) in [5.41, 5.74) is 0. The highest BCUT2D eigenvalue weighted by molar-refractivity contribution is 5.68. The minimum absolute atomic E-state index is 0.479. The average molecular weight is 276 g/mol. The molecule has 1 fully saturated rings. The van der Waals surface area contributed by atoms with Gasteiger partial charge in [0.25, 0.3) is 0 Å². The van der Waals surface area contributed by atoms with Crippen LogP contribution in [0.4, 0.5) is 0 Å². The summed E-state index contributed by atoms with van der Waals surface area (Å²) in [6.07, 6.45) is -4.29. The molecule has 0 amide bonds. The fraction of sp³-hybridized carbons (Fsp3) is 0.727. The molecule has 0 spiro atoms. The van der Waals surface area contributed by atoms with Crippen molar-refractivity contribution in [1.29, 1.82) is 0 Å². The summed E-state index contributed by atoms with van der Waals surface area (Å²) >= 11 is 0. The normalized spacial score (nSPS) is 29.7. The quantitative estimate of drug-likeness (QED) is 0.521. The van der Waals surface area contributed by atoms with Gasteiger partial charge in [-0.2, -0.15) is 0 Å². The summed E-state index contributed by atoms with van der Waals surface area (Å²) in [4.78, 5) is 33.0. The smallest absolute Gasteiger partial charge is 0.305 e. The number of aliphatic hydroxyl groups excluding tert-OH is 1. The maximum atomic E-state index is 11.0. The van der Waals surface area contributed by atoms with Crippen molar-refractivity contribution in [3.63, 3.8) is 0 Å². The summed E-state index contributed by atoms with van der Waals surface area (Å²) < 4.78 is 19.9. The number of rotatable bonds is 4. The fourth-order valence-electron chi connectivity index (χ4n) is 1.75. The largest absolute Gasteiger partial charge is 0.455 e. The molecule has 1 rings (SSSR count). The Kier molecular flexibility index (Phi) is 5.25. The second kappa shape index (κ2) is 6.48. The van der Waals surface area contributed by atoms with Gasteiger partial charge in [0, 0.05) is 20.8 Å². The Morgan fingerprint density at radius 2 is 1.42 bits per heavy atom. The van der Waals surface area contributed by atoms with Crippen LogP contribution in [0.5, 0.6) is 0 Å². The van der Waals surface area contributed by atoms with Crippen molar-refractivity contribution in [2.45, 2.75) is 45.4 Å². The van der Waals surface area contributed by atoms with Crippen LogP contribution in [0.25, 0.3) is 0 Å². The third-order valence-electron chi connectivity index (χ3n) is 2.33. The highest BCUT2D eigenvalue weighted by Crippen LogP contribution is 2.27. The molecule has 0 aromatic heterocycles. The maximum Gasteiger partial charge on any atom is 0.305 e. The number of carbonyl (C=O) groups is 3. The van der Waals surface area contributed by atoms with E-state index in [-0.39, 0.29) is 0 Å². The lowest BCUT2D eigenvalue weighted by Crippen LogP contribution is -2.41. The lowest BCUT2D eigenvalue weighted by atomic mass is 10.1. The first-order valence-corrected chi connectivity index (χ1v) is 5.63. The Morgan fingerprint density at radius 3 is 1.84 bits per heavy atom. The standard InChI is InChI=1S/C11H16O8/c1-5(13)16-9-8(4-12)19-11(18-7(3)15)10(9)17-6(2)14/h8-12H,4H2,1-3H3/t8-,9+,10-,11+/m1/s1. The Labute approximate surface area is 109 Å². The van der Waals surface area contributed by atoms with Gasteiger partial charge in [0.2, 0.25) is 12.4 Å². The molecule has 0 aromatic carbocycles. The van der Waals surface area contributed by atoms with Gasteiger partial charge in [-0.1, -0.05) is 0 Å². The lowest BCUT2D eigenvalue weighted by molar-refractivity contribution is -0.196. The van der Waals surface area contributed by atoms with Gasteiger partial charge in [0.15, 0.2) is 6.10 Å². The topological polar surface area (TPSA) is 108 Å². The van der Waals surface area contributed by atoms with Crippen LogP contribution in [0.2, 0.25) is 0 Å². The number of ether oxygens (including phenoxy) is 4. The van der Waals surface area contributed by atoms with Crippen LogP contribution >= 0.6 is 0 Å². The van der Waals surface area contributed by atoms with Crippen LogP contribution < -0.4 is 0 Å². The second-order valence-corrected chi connectivity index (χ2v) is 3.98. The first kappa shape index (κ1) is 15.4. The van der Waals surface area contributed by atoms with Crippen LogP contribution in [0.3, 0.4) is 0 Å². The van der Waals surface area contributed by atoms with Crippen molar-refractivity contribution in [1.82, 2.24) is 0 Å². The molecule has 8 nitrogen and oxygen atoms in total. The van der Waals surface area contributed by atoms with Crippen molar-refractivity contribution < 1.29 is 38.4 Å². The Balaban J connectivity index is 2.90. The molecule has 0 saturated carbocycles. The van der Waals surface area contributed by atoms with Crippen LogP contribution in [0.15, 0.2) is 0 Å². The molecule has 1 aliphatic rings. The third kappa shape index (κ3) is 4.18. The van der Waals surface area contributed by atoms with E-state index in [4.69, 9.17) is 24.1 Å².